The summed E-state index contributed by atoms with van der Waals surface area (Å²) < 4.78 is 17.4. The fourth-order valence-corrected chi connectivity index (χ4v) is 9.21. The summed E-state index contributed by atoms with van der Waals surface area (Å²) >= 11 is 0. The summed E-state index contributed by atoms with van der Waals surface area (Å²) in [6.07, 6.45) is 15.6. The largest absolute Gasteiger partial charge is 0.455 e. The minimum atomic E-state index is -0.502. The average molecular weight is 473 g/mol. The van der Waals surface area contributed by atoms with Gasteiger partial charge in [-0.05, 0) is 112 Å². The number of hydrogen-bond acceptors (Lipinski definition) is 5. The summed E-state index contributed by atoms with van der Waals surface area (Å²) in [5.41, 5.74) is 0.458. The van der Waals surface area contributed by atoms with Crippen LogP contribution in [0.15, 0.2) is 12.7 Å². The maximum atomic E-state index is 13.0. The summed E-state index contributed by atoms with van der Waals surface area (Å²) in [7, 11) is 0. The fraction of sp³-hybridized carbons (Fsp3) is 0.862. The molecule has 0 aromatic rings. The third kappa shape index (κ3) is 4.30. The molecular weight excluding hydrogens is 428 g/mol. The van der Waals surface area contributed by atoms with Crippen LogP contribution < -0.4 is 0 Å². The van der Waals surface area contributed by atoms with Gasteiger partial charge < -0.3 is 14.2 Å². The van der Waals surface area contributed by atoms with Crippen molar-refractivity contribution in [2.24, 2.45) is 40.4 Å². The van der Waals surface area contributed by atoms with Crippen molar-refractivity contribution in [3.05, 3.63) is 12.7 Å². The molecule has 34 heavy (non-hydrogen) atoms. The highest BCUT2D eigenvalue weighted by molar-refractivity contribution is 5.88. The Balaban J connectivity index is 1.23. The summed E-state index contributed by atoms with van der Waals surface area (Å²) in [6.45, 7) is 9.13. The standard InChI is InChI=1S/C29H44O5/c1-4-26(31)33-18-25(30)24-11-10-22-21-9-8-19-17-20(34-27-7-5-6-16-32-27)12-14-28(19,2)23(21)13-15-29(22,24)3/h4,19-24,27H,1,5-18H2,2-3H3/t19-,20?,21?,22-,23?,24+,27?,28-,29-/m0/s1. The summed E-state index contributed by atoms with van der Waals surface area (Å²) in [5, 5.41) is 0. The lowest BCUT2D eigenvalue weighted by molar-refractivity contribution is -0.212. The number of hydrogen-bond donors (Lipinski definition) is 0. The molecule has 5 fully saturated rings. The van der Waals surface area contributed by atoms with Crippen LogP contribution in [0.4, 0.5) is 0 Å². The highest BCUT2D eigenvalue weighted by Crippen LogP contribution is 2.67. The van der Waals surface area contributed by atoms with E-state index in [1.54, 1.807) is 0 Å². The van der Waals surface area contributed by atoms with Gasteiger partial charge in [-0.2, -0.15) is 0 Å². The molecule has 0 N–H and O–H groups in total. The molecule has 190 valence electrons. The molecule has 5 nitrogen and oxygen atoms in total. The van der Waals surface area contributed by atoms with Gasteiger partial charge in [-0.15, -0.1) is 0 Å². The van der Waals surface area contributed by atoms with Crippen LogP contribution >= 0.6 is 0 Å². The molecular formula is C29H44O5. The fourth-order valence-electron chi connectivity index (χ4n) is 9.21. The van der Waals surface area contributed by atoms with Gasteiger partial charge in [-0.25, -0.2) is 4.79 Å². The van der Waals surface area contributed by atoms with Crippen LogP contribution in [0.25, 0.3) is 0 Å². The van der Waals surface area contributed by atoms with E-state index in [4.69, 9.17) is 14.2 Å². The predicted molar refractivity (Wildman–Crippen MR) is 130 cm³/mol. The number of Topliss-reactive ketones (excluding diaryl/α,β-unsaturated/α-hetero) is 1. The molecule has 0 bridgehead atoms. The quantitative estimate of drug-likeness (QED) is 0.275. The van der Waals surface area contributed by atoms with E-state index in [2.05, 4.69) is 20.4 Å². The summed E-state index contributed by atoms with van der Waals surface area (Å²) in [5.74, 6) is 2.51. The molecule has 0 aromatic carbocycles. The van der Waals surface area contributed by atoms with Crippen molar-refractivity contribution in [1.29, 1.82) is 0 Å². The first-order valence-electron chi connectivity index (χ1n) is 13.9. The Hall–Kier alpha value is -1.20. The van der Waals surface area contributed by atoms with Crippen LogP contribution in [0.3, 0.4) is 0 Å². The van der Waals surface area contributed by atoms with Crippen molar-refractivity contribution in [3.63, 3.8) is 0 Å². The monoisotopic (exact) mass is 472 g/mol. The lowest BCUT2D eigenvalue weighted by Gasteiger charge is -2.61. The van der Waals surface area contributed by atoms with E-state index in [0.29, 0.717) is 17.4 Å². The number of carbonyl (C=O) groups is 2. The molecule has 0 aromatic heterocycles. The number of carbonyl (C=O) groups excluding carboxylic acids is 2. The van der Waals surface area contributed by atoms with Gasteiger partial charge in [0.1, 0.15) is 0 Å². The molecule has 0 amide bonds. The molecule has 4 aliphatic carbocycles. The molecule has 1 heterocycles. The van der Waals surface area contributed by atoms with Crippen molar-refractivity contribution in [3.8, 4) is 0 Å². The molecule has 5 aliphatic rings. The Morgan fingerprint density at radius 2 is 1.76 bits per heavy atom. The zero-order valence-corrected chi connectivity index (χ0v) is 21.3. The lowest BCUT2D eigenvalue weighted by atomic mass is 9.44. The van der Waals surface area contributed by atoms with Gasteiger partial charge in [0.05, 0.1) is 6.10 Å². The molecule has 0 radical (unpaired) electrons. The highest BCUT2D eigenvalue weighted by atomic mass is 16.7. The van der Waals surface area contributed by atoms with Gasteiger partial charge in [-0.3, -0.25) is 4.79 Å². The maximum absolute atomic E-state index is 13.0. The zero-order valence-electron chi connectivity index (χ0n) is 21.3. The number of fused-ring (bicyclic) bond motifs is 5. The van der Waals surface area contributed by atoms with Gasteiger partial charge in [0.15, 0.2) is 18.7 Å². The molecule has 4 unspecified atom stereocenters. The van der Waals surface area contributed by atoms with Gasteiger partial charge in [-0.1, -0.05) is 20.4 Å². The van der Waals surface area contributed by atoms with Gasteiger partial charge >= 0.3 is 5.97 Å². The number of ketones is 1. The van der Waals surface area contributed by atoms with Gasteiger partial charge in [0.2, 0.25) is 0 Å². The van der Waals surface area contributed by atoms with Crippen LogP contribution in [0.1, 0.15) is 90.9 Å². The van der Waals surface area contributed by atoms with E-state index >= 15 is 0 Å². The van der Waals surface area contributed by atoms with E-state index < -0.39 is 5.97 Å². The Morgan fingerprint density at radius 1 is 0.971 bits per heavy atom. The van der Waals surface area contributed by atoms with Crippen molar-refractivity contribution in [2.45, 2.75) is 103 Å². The first-order valence-corrected chi connectivity index (χ1v) is 13.9. The minimum absolute atomic E-state index is 0.0218. The second kappa shape index (κ2) is 9.69. The molecule has 5 rings (SSSR count). The Morgan fingerprint density at radius 3 is 2.53 bits per heavy atom. The van der Waals surface area contributed by atoms with Crippen LogP contribution in [-0.2, 0) is 23.8 Å². The first kappa shape index (κ1) is 24.5. The Labute approximate surface area is 205 Å². The van der Waals surface area contributed by atoms with Crippen LogP contribution in [0.2, 0.25) is 0 Å². The summed E-state index contributed by atoms with van der Waals surface area (Å²) in [6, 6.07) is 0. The summed E-state index contributed by atoms with van der Waals surface area (Å²) in [4.78, 5) is 24.5. The predicted octanol–water partition coefficient (Wildman–Crippen LogP) is 5.86. The van der Waals surface area contributed by atoms with E-state index in [0.717, 1.165) is 62.5 Å². The topological polar surface area (TPSA) is 61.8 Å². The van der Waals surface area contributed by atoms with Crippen LogP contribution in [0.5, 0.6) is 0 Å². The van der Waals surface area contributed by atoms with Gasteiger partial charge in [0, 0.05) is 18.6 Å². The average Bonchev–Trinajstić information content (AvgIpc) is 3.20. The number of esters is 1. The van der Waals surface area contributed by atoms with Crippen molar-refractivity contribution < 1.29 is 23.8 Å². The molecule has 1 aliphatic heterocycles. The molecule has 9 atom stereocenters. The van der Waals surface area contributed by atoms with Gasteiger partial charge in [0.25, 0.3) is 0 Å². The van der Waals surface area contributed by atoms with E-state index in [9.17, 15) is 9.59 Å². The van der Waals surface area contributed by atoms with E-state index in [1.807, 2.05) is 0 Å². The molecule has 5 heteroatoms. The Bertz CT molecular complexity index is 787. The second-order valence-corrected chi connectivity index (χ2v) is 12.4. The van der Waals surface area contributed by atoms with Crippen LogP contribution in [-0.4, -0.2) is 37.4 Å². The molecule has 1 saturated heterocycles. The van der Waals surface area contributed by atoms with E-state index in [1.165, 1.54) is 44.9 Å². The lowest BCUT2D eigenvalue weighted by Crippen LogP contribution is -2.54. The van der Waals surface area contributed by atoms with E-state index in [-0.39, 0.29) is 30.0 Å². The zero-order chi connectivity index (χ0) is 23.9. The third-order valence-corrected chi connectivity index (χ3v) is 11.0. The van der Waals surface area contributed by atoms with Crippen molar-refractivity contribution in [1.82, 2.24) is 0 Å². The molecule has 0 spiro atoms. The maximum Gasteiger partial charge on any atom is 0.330 e. The number of ether oxygens (including phenoxy) is 3. The smallest absolute Gasteiger partial charge is 0.330 e. The third-order valence-electron chi connectivity index (χ3n) is 11.0. The number of rotatable bonds is 6. The minimum Gasteiger partial charge on any atom is -0.455 e. The first-order chi connectivity index (χ1) is 16.3. The normalized spacial score (nSPS) is 46.0. The van der Waals surface area contributed by atoms with Crippen LogP contribution in [0, 0.1) is 40.4 Å². The second-order valence-electron chi connectivity index (χ2n) is 12.4. The van der Waals surface area contributed by atoms with Crippen molar-refractivity contribution in [2.75, 3.05) is 13.2 Å². The highest BCUT2D eigenvalue weighted by Gasteiger charge is 2.61. The van der Waals surface area contributed by atoms with Crippen molar-refractivity contribution >= 4 is 11.8 Å². The Kier molecular flexibility index (Phi) is 6.98. The SMILES string of the molecule is C=CC(=O)OCC(=O)[C@H]1CC[C@H]2C3CC[C@H]4CC(OC5CCCCO5)CC[C@]4(C)C3CC[C@]12C. The molecule has 4 saturated carbocycles.